The number of rotatable bonds is 7. The lowest BCUT2D eigenvalue weighted by Crippen LogP contribution is -2.33. The molecule has 126 valence electrons. The number of anilines is 1. The van der Waals surface area contributed by atoms with Crippen molar-refractivity contribution in [2.45, 2.75) is 26.7 Å². The summed E-state index contributed by atoms with van der Waals surface area (Å²) in [5.41, 5.74) is 3.08. The fourth-order valence-corrected chi connectivity index (χ4v) is 2.52. The zero-order valence-corrected chi connectivity index (χ0v) is 14.3. The van der Waals surface area contributed by atoms with Gasteiger partial charge in [0.1, 0.15) is 0 Å². The van der Waals surface area contributed by atoms with Gasteiger partial charge in [-0.05, 0) is 36.6 Å². The molecule has 2 aromatic carbocycles. The quantitative estimate of drug-likeness (QED) is 0.848. The number of hydrogen-bond acceptors (Lipinski definition) is 2. The predicted molar refractivity (Wildman–Crippen MR) is 96.8 cm³/mol. The van der Waals surface area contributed by atoms with Crippen molar-refractivity contribution in [1.82, 2.24) is 4.90 Å². The molecule has 0 bridgehead atoms. The topological polar surface area (TPSA) is 49.4 Å². The standard InChI is InChI=1S/C20H24N2O2/c1-16-7-6-10-19(15-16)21-20(24)12-14-22(17(2)23)13-11-18-8-4-3-5-9-18/h3-10,15H,11-14H2,1-2H3,(H,21,24). The molecule has 0 heterocycles. The summed E-state index contributed by atoms with van der Waals surface area (Å²) in [6, 6.07) is 17.7. The first-order valence-corrected chi connectivity index (χ1v) is 8.20. The van der Waals surface area contributed by atoms with E-state index in [-0.39, 0.29) is 11.8 Å². The highest BCUT2D eigenvalue weighted by atomic mass is 16.2. The molecule has 4 nitrogen and oxygen atoms in total. The largest absolute Gasteiger partial charge is 0.342 e. The van der Waals surface area contributed by atoms with Crippen LogP contribution in [0.4, 0.5) is 5.69 Å². The van der Waals surface area contributed by atoms with Crippen molar-refractivity contribution in [2.75, 3.05) is 18.4 Å². The first kappa shape index (κ1) is 17.7. The molecule has 2 rings (SSSR count). The number of nitrogens with one attached hydrogen (secondary N) is 1. The SMILES string of the molecule is CC(=O)N(CCC(=O)Nc1cccc(C)c1)CCc1ccccc1. The van der Waals surface area contributed by atoms with Gasteiger partial charge in [0.15, 0.2) is 0 Å². The fourth-order valence-electron chi connectivity index (χ4n) is 2.52. The minimum atomic E-state index is -0.0773. The highest BCUT2D eigenvalue weighted by Gasteiger charge is 2.11. The number of benzene rings is 2. The second-order valence-electron chi connectivity index (χ2n) is 5.91. The van der Waals surface area contributed by atoms with Gasteiger partial charge in [-0.3, -0.25) is 9.59 Å². The first-order chi connectivity index (χ1) is 11.5. The van der Waals surface area contributed by atoms with Crippen LogP contribution in [0.25, 0.3) is 0 Å². The molecule has 0 fully saturated rings. The highest BCUT2D eigenvalue weighted by Crippen LogP contribution is 2.10. The monoisotopic (exact) mass is 324 g/mol. The van der Waals surface area contributed by atoms with Crippen molar-refractivity contribution >= 4 is 17.5 Å². The Balaban J connectivity index is 1.82. The third-order valence-corrected chi connectivity index (χ3v) is 3.87. The molecule has 2 aromatic rings. The fraction of sp³-hybridized carbons (Fsp3) is 0.300. The van der Waals surface area contributed by atoms with Gasteiger partial charge in [0.05, 0.1) is 0 Å². The minimum Gasteiger partial charge on any atom is -0.342 e. The van der Waals surface area contributed by atoms with Crippen LogP contribution in [0.1, 0.15) is 24.5 Å². The van der Waals surface area contributed by atoms with Gasteiger partial charge < -0.3 is 10.2 Å². The van der Waals surface area contributed by atoms with Gasteiger partial charge in [-0.1, -0.05) is 42.5 Å². The molecule has 0 unspecified atom stereocenters. The summed E-state index contributed by atoms with van der Waals surface area (Å²) in [5.74, 6) is -0.0825. The molecule has 0 spiro atoms. The maximum absolute atomic E-state index is 12.1. The molecule has 0 saturated heterocycles. The van der Waals surface area contributed by atoms with E-state index in [0.717, 1.165) is 17.7 Å². The van der Waals surface area contributed by atoms with E-state index in [9.17, 15) is 9.59 Å². The molecule has 2 amide bonds. The van der Waals surface area contributed by atoms with Crippen LogP contribution in [0.5, 0.6) is 0 Å². The maximum Gasteiger partial charge on any atom is 0.226 e. The van der Waals surface area contributed by atoms with Crippen LogP contribution in [0.15, 0.2) is 54.6 Å². The van der Waals surface area contributed by atoms with Gasteiger partial charge in [-0.25, -0.2) is 0 Å². The van der Waals surface area contributed by atoms with Crippen molar-refractivity contribution in [3.05, 3.63) is 65.7 Å². The van der Waals surface area contributed by atoms with Crippen LogP contribution < -0.4 is 5.32 Å². The zero-order chi connectivity index (χ0) is 17.4. The summed E-state index contributed by atoms with van der Waals surface area (Å²) < 4.78 is 0. The first-order valence-electron chi connectivity index (χ1n) is 8.20. The Morgan fingerprint density at radius 3 is 2.42 bits per heavy atom. The molecular weight excluding hydrogens is 300 g/mol. The number of carbonyl (C=O) groups is 2. The average Bonchev–Trinajstić information content (AvgIpc) is 2.55. The summed E-state index contributed by atoms with van der Waals surface area (Å²) in [6.45, 7) is 4.58. The Morgan fingerprint density at radius 2 is 1.75 bits per heavy atom. The molecule has 24 heavy (non-hydrogen) atoms. The third-order valence-electron chi connectivity index (χ3n) is 3.87. The molecule has 0 radical (unpaired) electrons. The predicted octanol–water partition coefficient (Wildman–Crippen LogP) is 3.41. The van der Waals surface area contributed by atoms with Crippen molar-refractivity contribution < 1.29 is 9.59 Å². The van der Waals surface area contributed by atoms with E-state index in [2.05, 4.69) is 5.32 Å². The van der Waals surface area contributed by atoms with Crippen molar-refractivity contribution in [3.8, 4) is 0 Å². The average molecular weight is 324 g/mol. The lowest BCUT2D eigenvalue weighted by Gasteiger charge is -2.21. The van der Waals surface area contributed by atoms with E-state index < -0.39 is 0 Å². The minimum absolute atomic E-state index is 0.00529. The summed E-state index contributed by atoms with van der Waals surface area (Å²) in [4.78, 5) is 25.6. The Labute approximate surface area is 143 Å². The number of carbonyl (C=O) groups excluding carboxylic acids is 2. The Bertz CT molecular complexity index is 683. The van der Waals surface area contributed by atoms with Crippen LogP contribution in [0, 0.1) is 6.92 Å². The number of nitrogens with zero attached hydrogens (tertiary/aromatic N) is 1. The van der Waals surface area contributed by atoms with Crippen LogP contribution in [0.2, 0.25) is 0 Å². The van der Waals surface area contributed by atoms with Gasteiger partial charge in [-0.15, -0.1) is 0 Å². The molecule has 0 aliphatic heterocycles. The zero-order valence-electron chi connectivity index (χ0n) is 14.3. The molecule has 4 heteroatoms. The maximum atomic E-state index is 12.1. The number of amides is 2. The molecule has 1 N–H and O–H groups in total. The van der Waals surface area contributed by atoms with Crippen molar-refractivity contribution in [1.29, 1.82) is 0 Å². The highest BCUT2D eigenvalue weighted by molar-refractivity contribution is 5.91. The van der Waals surface area contributed by atoms with E-state index in [1.54, 1.807) is 11.8 Å². The Kier molecular flexibility index (Phi) is 6.55. The molecule has 0 aliphatic rings. The number of hydrogen-bond donors (Lipinski definition) is 1. The number of aryl methyl sites for hydroxylation is 1. The van der Waals surface area contributed by atoms with Crippen molar-refractivity contribution in [2.24, 2.45) is 0 Å². The van der Waals surface area contributed by atoms with Gasteiger partial charge in [0.2, 0.25) is 11.8 Å². The van der Waals surface area contributed by atoms with Crippen molar-refractivity contribution in [3.63, 3.8) is 0 Å². The Morgan fingerprint density at radius 1 is 1.00 bits per heavy atom. The summed E-state index contributed by atoms with van der Waals surface area (Å²) >= 11 is 0. The smallest absolute Gasteiger partial charge is 0.226 e. The van der Waals surface area contributed by atoms with E-state index in [1.165, 1.54) is 5.56 Å². The second kappa shape index (κ2) is 8.87. The van der Waals surface area contributed by atoms with E-state index >= 15 is 0 Å². The second-order valence-corrected chi connectivity index (χ2v) is 5.91. The molecule has 0 atom stereocenters. The Hall–Kier alpha value is -2.62. The van der Waals surface area contributed by atoms with Gasteiger partial charge in [0, 0.05) is 32.1 Å². The molecular formula is C20H24N2O2. The van der Waals surface area contributed by atoms with Crippen LogP contribution in [0.3, 0.4) is 0 Å². The van der Waals surface area contributed by atoms with Crippen LogP contribution in [-0.2, 0) is 16.0 Å². The third kappa shape index (κ3) is 5.88. The normalized spacial score (nSPS) is 10.2. The molecule has 0 saturated carbocycles. The van der Waals surface area contributed by atoms with Gasteiger partial charge in [-0.2, -0.15) is 0 Å². The van der Waals surface area contributed by atoms with E-state index in [0.29, 0.717) is 19.5 Å². The summed E-state index contributed by atoms with van der Waals surface area (Å²) in [7, 11) is 0. The van der Waals surface area contributed by atoms with Gasteiger partial charge >= 0.3 is 0 Å². The lowest BCUT2D eigenvalue weighted by molar-refractivity contribution is -0.129. The van der Waals surface area contributed by atoms with E-state index in [4.69, 9.17) is 0 Å². The summed E-state index contributed by atoms with van der Waals surface area (Å²) in [6.07, 6.45) is 1.09. The molecule has 0 aliphatic carbocycles. The lowest BCUT2D eigenvalue weighted by atomic mass is 10.1. The van der Waals surface area contributed by atoms with Gasteiger partial charge in [0.25, 0.3) is 0 Å². The van der Waals surface area contributed by atoms with Crippen LogP contribution in [-0.4, -0.2) is 29.8 Å². The molecule has 0 aromatic heterocycles. The van der Waals surface area contributed by atoms with Crippen LogP contribution >= 0.6 is 0 Å². The van der Waals surface area contributed by atoms with E-state index in [1.807, 2.05) is 61.5 Å². The summed E-state index contributed by atoms with van der Waals surface area (Å²) in [5, 5.41) is 2.87.